The summed E-state index contributed by atoms with van der Waals surface area (Å²) >= 11 is 1.50. The van der Waals surface area contributed by atoms with Gasteiger partial charge in [-0.15, -0.1) is 11.3 Å². The Bertz CT molecular complexity index is 857. The molecule has 3 aromatic rings. The SMILES string of the molecule is COc1ccc(-c2nc(-c3ccc(O)c(C(N)=O)c3)cs2)cc1. The Labute approximate surface area is 137 Å². The number of carbonyl (C=O) groups is 1. The molecule has 0 saturated carbocycles. The fourth-order valence-electron chi connectivity index (χ4n) is 2.17. The molecule has 0 aliphatic carbocycles. The second-order valence-corrected chi connectivity index (χ2v) is 5.72. The summed E-state index contributed by atoms with van der Waals surface area (Å²) in [5.41, 5.74) is 7.78. The smallest absolute Gasteiger partial charge is 0.252 e. The van der Waals surface area contributed by atoms with E-state index in [1.807, 2.05) is 29.6 Å². The predicted octanol–water partition coefficient (Wildman–Crippen LogP) is 3.29. The molecule has 0 atom stereocenters. The molecule has 0 spiro atoms. The molecule has 6 heteroatoms. The fourth-order valence-corrected chi connectivity index (χ4v) is 3.00. The van der Waals surface area contributed by atoms with Crippen molar-refractivity contribution in [2.75, 3.05) is 7.11 Å². The molecule has 0 unspecified atom stereocenters. The number of nitrogens with zero attached hydrogens (tertiary/aromatic N) is 1. The number of amides is 1. The van der Waals surface area contributed by atoms with Crippen molar-refractivity contribution in [3.05, 3.63) is 53.4 Å². The van der Waals surface area contributed by atoms with Crippen LogP contribution in [0.2, 0.25) is 0 Å². The van der Waals surface area contributed by atoms with Crippen molar-refractivity contribution in [2.24, 2.45) is 5.73 Å². The molecule has 0 aliphatic rings. The second kappa shape index (κ2) is 6.10. The molecule has 3 rings (SSSR count). The van der Waals surface area contributed by atoms with E-state index in [0.717, 1.165) is 27.6 Å². The van der Waals surface area contributed by atoms with E-state index < -0.39 is 5.91 Å². The van der Waals surface area contributed by atoms with Crippen molar-refractivity contribution >= 4 is 17.2 Å². The lowest BCUT2D eigenvalue weighted by molar-refractivity contribution is 0.0998. The van der Waals surface area contributed by atoms with Gasteiger partial charge in [-0.25, -0.2) is 4.98 Å². The first kappa shape index (κ1) is 15.1. The van der Waals surface area contributed by atoms with Crippen LogP contribution in [0.15, 0.2) is 47.8 Å². The number of carbonyl (C=O) groups excluding carboxylic acids is 1. The van der Waals surface area contributed by atoms with Crippen LogP contribution in [0.4, 0.5) is 0 Å². The molecule has 23 heavy (non-hydrogen) atoms. The van der Waals surface area contributed by atoms with Gasteiger partial charge in [-0.3, -0.25) is 4.79 Å². The number of nitrogens with two attached hydrogens (primary N) is 1. The third kappa shape index (κ3) is 3.02. The van der Waals surface area contributed by atoms with Crippen molar-refractivity contribution in [3.8, 4) is 33.3 Å². The zero-order valence-electron chi connectivity index (χ0n) is 12.3. The molecular weight excluding hydrogens is 312 g/mol. The maximum Gasteiger partial charge on any atom is 0.252 e. The van der Waals surface area contributed by atoms with Crippen LogP contribution in [-0.4, -0.2) is 23.1 Å². The van der Waals surface area contributed by atoms with Crippen LogP contribution >= 0.6 is 11.3 Å². The Morgan fingerprint density at radius 2 is 1.87 bits per heavy atom. The third-order valence-corrected chi connectivity index (χ3v) is 4.29. The number of thiazole rings is 1. The third-order valence-electron chi connectivity index (χ3n) is 3.40. The van der Waals surface area contributed by atoms with Gasteiger partial charge in [0.1, 0.15) is 16.5 Å². The van der Waals surface area contributed by atoms with Gasteiger partial charge in [-0.05, 0) is 42.5 Å². The predicted molar refractivity (Wildman–Crippen MR) is 89.7 cm³/mol. The summed E-state index contributed by atoms with van der Waals surface area (Å²) in [6, 6.07) is 12.3. The van der Waals surface area contributed by atoms with Crippen LogP contribution in [0.5, 0.6) is 11.5 Å². The summed E-state index contributed by atoms with van der Waals surface area (Å²) in [5.74, 6) is -0.0167. The van der Waals surface area contributed by atoms with Gasteiger partial charge >= 0.3 is 0 Å². The first-order valence-electron chi connectivity index (χ1n) is 6.81. The van der Waals surface area contributed by atoms with E-state index in [-0.39, 0.29) is 11.3 Å². The zero-order valence-corrected chi connectivity index (χ0v) is 13.1. The standard InChI is InChI=1S/C17H14N2O3S/c1-22-12-5-2-10(3-6-12)17-19-14(9-23-17)11-4-7-15(20)13(8-11)16(18)21/h2-9,20H,1H3,(H2,18,21). The molecule has 1 aromatic heterocycles. The van der Waals surface area contributed by atoms with E-state index in [9.17, 15) is 9.90 Å². The molecule has 5 nitrogen and oxygen atoms in total. The average molecular weight is 326 g/mol. The lowest BCUT2D eigenvalue weighted by atomic mass is 10.1. The fraction of sp³-hybridized carbons (Fsp3) is 0.0588. The normalized spacial score (nSPS) is 10.5. The molecule has 0 bridgehead atoms. The minimum atomic E-state index is -0.671. The van der Waals surface area contributed by atoms with Crippen LogP contribution in [0, 0.1) is 0 Å². The molecule has 3 N–H and O–H groups in total. The summed E-state index contributed by atoms with van der Waals surface area (Å²) in [7, 11) is 1.62. The Morgan fingerprint density at radius 3 is 2.52 bits per heavy atom. The van der Waals surface area contributed by atoms with Crippen LogP contribution in [0.25, 0.3) is 21.8 Å². The summed E-state index contributed by atoms with van der Waals surface area (Å²) in [6.07, 6.45) is 0. The zero-order chi connectivity index (χ0) is 16.4. The highest BCUT2D eigenvalue weighted by atomic mass is 32.1. The monoisotopic (exact) mass is 326 g/mol. The highest BCUT2D eigenvalue weighted by molar-refractivity contribution is 7.13. The van der Waals surface area contributed by atoms with Gasteiger partial charge < -0.3 is 15.6 Å². The first-order valence-corrected chi connectivity index (χ1v) is 7.69. The first-order chi connectivity index (χ1) is 11.1. The van der Waals surface area contributed by atoms with Gasteiger partial charge in [0.25, 0.3) is 5.91 Å². The Hall–Kier alpha value is -2.86. The van der Waals surface area contributed by atoms with Gasteiger partial charge in [-0.2, -0.15) is 0 Å². The summed E-state index contributed by atoms with van der Waals surface area (Å²) in [4.78, 5) is 15.9. The highest BCUT2D eigenvalue weighted by Crippen LogP contribution is 2.31. The second-order valence-electron chi connectivity index (χ2n) is 4.86. The van der Waals surface area contributed by atoms with Crippen molar-refractivity contribution in [1.29, 1.82) is 0 Å². The van der Waals surface area contributed by atoms with Crippen molar-refractivity contribution < 1.29 is 14.6 Å². The molecular formula is C17H14N2O3S. The number of aromatic hydroxyl groups is 1. The quantitative estimate of drug-likeness (QED) is 0.770. The number of rotatable bonds is 4. The number of aromatic nitrogens is 1. The van der Waals surface area contributed by atoms with E-state index in [1.54, 1.807) is 19.2 Å². The highest BCUT2D eigenvalue weighted by Gasteiger charge is 2.12. The van der Waals surface area contributed by atoms with Crippen molar-refractivity contribution in [1.82, 2.24) is 4.98 Å². The van der Waals surface area contributed by atoms with E-state index in [1.165, 1.54) is 17.4 Å². The van der Waals surface area contributed by atoms with Crippen LogP contribution in [0.3, 0.4) is 0 Å². The van der Waals surface area contributed by atoms with Crippen LogP contribution in [0.1, 0.15) is 10.4 Å². The molecule has 0 fully saturated rings. The van der Waals surface area contributed by atoms with Gasteiger partial charge in [0, 0.05) is 16.5 Å². The minimum Gasteiger partial charge on any atom is -0.507 e. The lowest BCUT2D eigenvalue weighted by Crippen LogP contribution is -2.11. The maximum absolute atomic E-state index is 11.3. The van der Waals surface area contributed by atoms with Gasteiger partial charge in [0.2, 0.25) is 0 Å². The number of ether oxygens (including phenoxy) is 1. The van der Waals surface area contributed by atoms with Gasteiger partial charge in [0.05, 0.1) is 18.4 Å². The number of hydrogen-bond donors (Lipinski definition) is 2. The van der Waals surface area contributed by atoms with Gasteiger partial charge in [0.15, 0.2) is 0 Å². The average Bonchev–Trinajstić information content (AvgIpc) is 3.05. The Balaban J connectivity index is 1.95. The van der Waals surface area contributed by atoms with Crippen molar-refractivity contribution in [2.45, 2.75) is 0 Å². The number of benzene rings is 2. The van der Waals surface area contributed by atoms with Crippen LogP contribution in [-0.2, 0) is 0 Å². The van der Waals surface area contributed by atoms with E-state index in [0.29, 0.717) is 0 Å². The van der Waals surface area contributed by atoms with Gasteiger partial charge in [-0.1, -0.05) is 0 Å². The molecule has 1 amide bonds. The molecule has 1 heterocycles. The summed E-state index contributed by atoms with van der Waals surface area (Å²) in [6.45, 7) is 0. The summed E-state index contributed by atoms with van der Waals surface area (Å²) in [5, 5.41) is 12.4. The van der Waals surface area contributed by atoms with Crippen LogP contribution < -0.4 is 10.5 Å². The van der Waals surface area contributed by atoms with Crippen molar-refractivity contribution in [3.63, 3.8) is 0 Å². The molecule has 0 saturated heterocycles. The van der Waals surface area contributed by atoms with E-state index >= 15 is 0 Å². The largest absolute Gasteiger partial charge is 0.507 e. The number of methoxy groups -OCH3 is 1. The number of hydrogen-bond acceptors (Lipinski definition) is 5. The Kier molecular flexibility index (Phi) is 3.99. The molecule has 0 radical (unpaired) electrons. The summed E-state index contributed by atoms with van der Waals surface area (Å²) < 4.78 is 5.14. The maximum atomic E-state index is 11.3. The van der Waals surface area contributed by atoms with E-state index in [4.69, 9.17) is 10.5 Å². The molecule has 0 aliphatic heterocycles. The number of phenols is 1. The minimum absolute atomic E-state index is 0.0847. The number of primary amides is 1. The van der Waals surface area contributed by atoms with E-state index in [2.05, 4.69) is 4.98 Å². The molecule has 116 valence electrons. The lowest BCUT2D eigenvalue weighted by Gasteiger charge is -2.03. The molecule has 2 aromatic carbocycles. The Morgan fingerprint density at radius 1 is 1.17 bits per heavy atom. The topological polar surface area (TPSA) is 85.4 Å².